The van der Waals surface area contributed by atoms with Gasteiger partial charge < -0.3 is 15.1 Å². The molecule has 6 rings (SSSR count). The lowest BCUT2D eigenvalue weighted by atomic mass is 9.44. The van der Waals surface area contributed by atoms with Crippen LogP contribution < -0.4 is 0 Å². The maximum Gasteiger partial charge on any atom is 0.0751 e. The molecular formula is C29H51N3O2. The van der Waals surface area contributed by atoms with E-state index < -0.39 is 0 Å². The molecule has 6 fully saturated rings. The van der Waals surface area contributed by atoms with Gasteiger partial charge in [-0.25, -0.2) is 0 Å². The van der Waals surface area contributed by atoms with Crippen molar-refractivity contribution in [3.63, 3.8) is 0 Å². The predicted octanol–water partition coefficient (Wildman–Crippen LogP) is 3.44. The summed E-state index contributed by atoms with van der Waals surface area (Å²) in [5.74, 6) is 2.91. The zero-order valence-electron chi connectivity index (χ0n) is 22.2. The summed E-state index contributed by atoms with van der Waals surface area (Å²) in [4.78, 5) is 7.73. The number of hydrogen-bond acceptors (Lipinski definition) is 5. The quantitative estimate of drug-likeness (QED) is 0.643. The van der Waals surface area contributed by atoms with Crippen LogP contribution in [0.5, 0.6) is 0 Å². The molecular weight excluding hydrogens is 422 g/mol. The molecule has 194 valence electrons. The normalized spacial score (nSPS) is 53.2. The van der Waals surface area contributed by atoms with Crippen molar-refractivity contribution in [2.24, 2.45) is 34.5 Å². The van der Waals surface area contributed by atoms with Gasteiger partial charge in [-0.15, -0.1) is 0 Å². The average molecular weight is 474 g/mol. The highest BCUT2D eigenvalue weighted by Gasteiger charge is 2.63. The molecule has 0 spiro atoms. The third kappa shape index (κ3) is 3.74. The third-order valence-corrected chi connectivity index (χ3v) is 12.5. The van der Waals surface area contributed by atoms with Crippen LogP contribution in [0, 0.1) is 34.5 Å². The smallest absolute Gasteiger partial charge is 0.0751 e. The van der Waals surface area contributed by atoms with Crippen LogP contribution >= 0.6 is 0 Å². The second kappa shape index (κ2) is 8.97. The molecule has 2 N–H and O–H groups in total. The molecule has 0 radical (unpaired) electrons. The van der Waals surface area contributed by atoms with Crippen LogP contribution in [0.3, 0.4) is 0 Å². The first-order valence-electron chi connectivity index (χ1n) is 14.8. The first kappa shape index (κ1) is 24.2. The summed E-state index contributed by atoms with van der Waals surface area (Å²) in [6.07, 6.45) is 12.2. The fourth-order valence-corrected chi connectivity index (χ4v) is 10.4. The SMILES string of the molecule is CN1CCN([C@H]2C[C@@]3(C)[C@@H](CC[C@@H]4[C@@H]3CC[C@]3(C)[C@@H](O)[C@@H](N5CCCCC5)C[C@@H]43)C[C@@H]2O)CC1. The number of aliphatic hydroxyl groups excluding tert-OH is 2. The fraction of sp³-hybridized carbons (Fsp3) is 1.00. The Balaban J connectivity index is 1.22. The van der Waals surface area contributed by atoms with Crippen LogP contribution in [0.15, 0.2) is 0 Å². The number of fused-ring (bicyclic) bond motifs is 5. The first-order chi connectivity index (χ1) is 16.3. The zero-order chi connectivity index (χ0) is 23.7. The van der Waals surface area contributed by atoms with E-state index in [0.29, 0.717) is 29.3 Å². The molecule has 6 aliphatic rings. The molecule has 2 heterocycles. The minimum atomic E-state index is -0.149. The van der Waals surface area contributed by atoms with Crippen molar-refractivity contribution in [2.45, 2.75) is 102 Å². The van der Waals surface area contributed by atoms with Crippen LogP contribution in [-0.2, 0) is 0 Å². The Morgan fingerprint density at radius 2 is 1.41 bits per heavy atom. The Morgan fingerprint density at radius 1 is 0.706 bits per heavy atom. The van der Waals surface area contributed by atoms with Crippen molar-refractivity contribution >= 4 is 0 Å². The van der Waals surface area contributed by atoms with Gasteiger partial charge in [0.15, 0.2) is 0 Å². The van der Waals surface area contributed by atoms with Crippen molar-refractivity contribution in [3.8, 4) is 0 Å². The standard InChI is InChI=1S/C29H51N3O2/c1-28-10-9-22-21(23(28)18-24(27(28)34)31-11-5-4-6-12-31)8-7-20-17-26(33)25(19-29(20,22)2)32-15-13-30(3)14-16-32/h20-27,33-34H,4-19H2,1-3H3/t20-,21+,22-,23-,24-,25-,26-,27-,28-,29-/m0/s1. The zero-order valence-corrected chi connectivity index (χ0v) is 22.2. The number of likely N-dealkylation sites (tertiary alicyclic amines) is 1. The molecule has 2 aliphatic heterocycles. The molecule has 4 aliphatic carbocycles. The lowest BCUT2D eigenvalue weighted by Crippen LogP contribution is -2.61. The topological polar surface area (TPSA) is 50.2 Å². The van der Waals surface area contributed by atoms with Crippen LogP contribution in [0.25, 0.3) is 0 Å². The highest BCUT2D eigenvalue weighted by atomic mass is 16.3. The summed E-state index contributed by atoms with van der Waals surface area (Å²) in [6, 6.07) is 0.739. The van der Waals surface area contributed by atoms with E-state index in [9.17, 15) is 10.2 Å². The van der Waals surface area contributed by atoms with Gasteiger partial charge in [0.05, 0.1) is 12.2 Å². The molecule has 0 bridgehead atoms. The number of piperazine rings is 1. The summed E-state index contributed by atoms with van der Waals surface area (Å²) in [5.41, 5.74) is 0.461. The third-order valence-electron chi connectivity index (χ3n) is 12.5. The number of likely N-dealkylation sites (N-methyl/N-ethyl adjacent to an activating group) is 1. The van der Waals surface area contributed by atoms with E-state index in [1.165, 1.54) is 70.9 Å². The molecule has 5 heteroatoms. The average Bonchev–Trinajstić information content (AvgIpc) is 3.11. The second-order valence-corrected chi connectivity index (χ2v) is 14.0. The van der Waals surface area contributed by atoms with E-state index in [2.05, 4.69) is 35.6 Å². The van der Waals surface area contributed by atoms with Gasteiger partial charge in [-0.1, -0.05) is 20.3 Å². The summed E-state index contributed by atoms with van der Waals surface area (Å²) in [7, 11) is 2.23. The maximum absolute atomic E-state index is 11.7. The molecule has 0 aromatic rings. The van der Waals surface area contributed by atoms with E-state index in [-0.39, 0.29) is 17.6 Å². The fourth-order valence-electron chi connectivity index (χ4n) is 10.4. The van der Waals surface area contributed by atoms with E-state index in [1.807, 2.05) is 0 Å². The molecule has 5 nitrogen and oxygen atoms in total. The second-order valence-electron chi connectivity index (χ2n) is 14.0. The monoisotopic (exact) mass is 473 g/mol. The highest BCUT2D eigenvalue weighted by molar-refractivity contribution is 5.14. The lowest BCUT2D eigenvalue weighted by Gasteiger charge is -2.62. The van der Waals surface area contributed by atoms with Gasteiger partial charge in [0.1, 0.15) is 0 Å². The van der Waals surface area contributed by atoms with Gasteiger partial charge in [-0.2, -0.15) is 0 Å². The van der Waals surface area contributed by atoms with Crippen LogP contribution in [0.2, 0.25) is 0 Å². The molecule has 0 unspecified atom stereocenters. The number of aliphatic hydroxyl groups is 2. The Kier molecular flexibility index (Phi) is 6.37. The predicted molar refractivity (Wildman–Crippen MR) is 137 cm³/mol. The number of nitrogens with zero attached hydrogens (tertiary/aromatic N) is 3. The largest absolute Gasteiger partial charge is 0.391 e. The van der Waals surface area contributed by atoms with Gasteiger partial charge >= 0.3 is 0 Å². The van der Waals surface area contributed by atoms with Crippen molar-refractivity contribution < 1.29 is 10.2 Å². The molecule has 10 atom stereocenters. The van der Waals surface area contributed by atoms with Crippen molar-refractivity contribution in [3.05, 3.63) is 0 Å². The molecule has 2 saturated heterocycles. The van der Waals surface area contributed by atoms with Crippen molar-refractivity contribution in [1.82, 2.24) is 14.7 Å². The summed E-state index contributed by atoms with van der Waals surface area (Å²) >= 11 is 0. The Morgan fingerprint density at radius 3 is 2.15 bits per heavy atom. The van der Waals surface area contributed by atoms with E-state index >= 15 is 0 Å². The van der Waals surface area contributed by atoms with Gasteiger partial charge in [0.2, 0.25) is 0 Å². The Labute approximate surface area is 208 Å². The van der Waals surface area contributed by atoms with Crippen molar-refractivity contribution in [1.29, 1.82) is 0 Å². The first-order valence-corrected chi connectivity index (χ1v) is 14.8. The number of piperidine rings is 1. The number of rotatable bonds is 2. The van der Waals surface area contributed by atoms with E-state index in [0.717, 1.165) is 44.4 Å². The molecule has 34 heavy (non-hydrogen) atoms. The molecule has 4 saturated carbocycles. The van der Waals surface area contributed by atoms with Crippen LogP contribution in [0.1, 0.15) is 78.1 Å². The minimum Gasteiger partial charge on any atom is -0.391 e. The Bertz CT molecular complexity index is 735. The molecule has 0 amide bonds. The van der Waals surface area contributed by atoms with Gasteiger partial charge in [-0.05, 0) is 112 Å². The highest BCUT2D eigenvalue weighted by Crippen LogP contribution is 2.66. The van der Waals surface area contributed by atoms with Crippen LogP contribution in [-0.4, -0.2) is 95.5 Å². The summed E-state index contributed by atoms with van der Waals surface area (Å²) in [6.45, 7) is 12.0. The summed E-state index contributed by atoms with van der Waals surface area (Å²) < 4.78 is 0. The minimum absolute atomic E-state index is 0.109. The Hall–Kier alpha value is -0.200. The van der Waals surface area contributed by atoms with Gasteiger partial charge in [0, 0.05) is 38.3 Å². The van der Waals surface area contributed by atoms with E-state index in [1.54, 1.807) is 0 Å². The number of hydrogen-bond donors (Lipinski definition) is 2. The molecule has 0 aromatic heterocycles. The van der Waals surface area contributed by atoms with Crippen molar-refractivity contribution in [2.75, 3.05) is 46.3 Å². The molecule has 0 aromatic carbocycles. The summed E-state index contributed by atoms with van der Waals surface area (Å²) in [5, 5.41) is 22.9. The van der Waals surface area contributed by atoms with Crippen LogP contribution in [0.4, 0.5) is 0 Å². The maximum atomic E-state index is 11.7. The van der Waals surface area contributed by atoms with Gasteiger partial charge in [0.25, 0.3) is 0 Å². The lowest BCUT2D eigenvalue weighted by molar-refractivity contribution is -0.155. The van der Waals surface area contributed by atoms with Gasteiger partial charge in [-0.3, -0.25) is 9.80 Å². The van der Waals surface area contributed by atoms with E-state index in [4.69, 9.17) is 0 Å².